The monoisotopic (exact) mass is 399 g/mol. The van der Waals surface area contributed by atoms with Gasteiger partial charge in [-0.05, 0) is 61.1 Å². The number of aromatic amines is 1. The number of rotatable bonds is 3. The Hall–Kier alpha value is -2.74. The lowest BCUT2D eigenvalue weighted by molar-refractivity contribution is 0.612. The van der Waals surface area contributed by atoms with E-state index in [1.165, 1.54) is 11.8 Å². The second kappa shape index (κ2) is 8.52. The molecule has 28 heavy (non-hydrogen) atoms. The Morgan fingerprint density at radius 2 is 1.75 bits per heavy atom. The van der Waals surface area contributed by atoms with Gasteiger partial charge >= 0.3 is 0 Å². The molecule has 4 rings (SSSR count). The third-order valence-electron chi connectivity index (χ3n) is 4.67. The highest BCUT2D eigenvalue weighted by molar-refractivity contribution is 7.98. The number of nitrogens with zero attached hydrogens (tertiary/aromatic N) is 2. The summed E-state index contributed by atoms with van der Waals surface area (Å²) < 4.78 is 13.8. The van der Waals surface area contributed by atoms with Gasteiger partial charge in [0.05, 0.1) is 11.2 Å². The van der Waals surface area contributed by atoms with Crippen molar-refractivity contribution in [3.8, 4) is 22.4 Å². The molecule has 5 N–H and O–H groups in total. The predicted molar refractivity (Wildman–Crippen MR) is 113 cm³/mol. The molecule has 0 saturated carbocycles. The molecule has 1 aromatic carbocycles. The summed E-state index contributed by atoms with van der Waals surface area (Å²) in [5.74, 6) is -0.294. The van der Waals surface area contributed by atoms with E-state index in [-0.39, 0.29) is 16.8 Å². The van der Waals surface area contributed by atoms with Crippen LogP contribution in [0.4, 0.5) is 4.39 Å². The van der Waals surface area contributed by atoms with E-state index in [0.29, 0.717) is 5.56 Å². The molecule has 0 spiro atoms. The van der Waals surface area contributed by atoms with Gasteiger partial charge in [0.1, 0.15) is 5.82 Å². The number of fused-ring (bicyclic) bond motifs is 1. The highest BCUT2D eigenvalue weighted by Gasteiger charge is 2.11. The molecule has 0 unspecified atom stereocenters. The number of hydrogen-bond acceptors (Lipinski definition) is 3. The van der Waals surface area contributed by atoms with Gasteiger partial charge in [-0.25, -0.2) is 9.37 Å². The highest BCUT2D eigenvalue weighted by atomic mass is 32.2. The number of aromatic nitrogens is 3. The van der Waals surface area contributed by atoms with E-state index in [9.17, 15) is 4.39 Å². The Balaban J connectivity index is 0.00000140. The summed E-state index contributed by atoms with van der Waals surface area (Å²) >= 11 is 1.64. The number of hydrogen-bond donors (Lipinski definition) is 1. The summed E-state index contributed by atoms with van der Waals surface area (Å²) in [4.78, 5) is 11.8. The Labute approximate surface area is 166 Å². The van der Waals surface area contributed by atoms with Crippen LogP contribution in [-0.2, 0) is 0 Å². The first kappa shape index (κ1) is 21.6. The van der Waals surface area contributed by atoms with Crippen molar-refractivity contribution in [1.82, 2.24) is 15.0 Å². The molecule has 146 valence electrons. The Morgan fingerprint density at radius 3 is 2.46 bits per heavy atom. The average molecular weight is 399 g/mol. The van der Waals surface area contributed by atoms with Crippen molar-refractivity contribution < 1.29 is 15.3 Å². The molecule has 3 heterocycles. The van der Waals surface area contributed by atoms with E-state index in [2.05, 4.69) is 46.1 Å². The molecule has 0 aliphatic heterocycles. The van der Waals surface area contributed by atoms with Crippen LogP contribution >= 0.6 is 11.8 Å². The first-order valence-corrected chi connectivity index (χ1v) is 9.53. The molecule has 0 atom stereocenters. The summed E-state index contributed by atoms with van der Waals surface area (Å²) in [5.41, 5.74) is 6.70. The molecule has 3 aromatic heterocycles. The van der Waals surface area contributed by atoms with Gasteiger partial charge in [-0.2, -0.15) is 0 Å². The predicted octanol–water partition coefficient (Wildman–Crippen LogP) is 4.12. The van der Waals surface area contributed by atoms with Crippen molar-refractivity contribution in [2.24, 2.45) is 0 Å². The highest BCUT2D eigenvalue weighted by Crippen LogP contribution is 2.31. The second-order valence-electron chi connectivity index (χ2n) is 6.32. The van der Waals surface area contributed by atoms with Crippen molar-refractivity contribution >= 4 is 22.7 Å². The summed E-state index contributed by atoms with van der Waals surface area (Å²) in [6.45, 7) is 3.87. The SMILES string of the molecule is CSc1cc(C)c(-c2ccc3[nH]c(-c4cncc(F)c4C)cc3c2)cn1.O.O. The van der Waals surface area contributed by atoms with Crippen molar-refractivity contribution in [2.75, 3.05) is 6.26 Å². The summed E-state index contributed by atoms with van der Waals surface area (Å²) in [7, 11) is 0. The molecular weight excluding hydrogens is 377 g/mol. The third kappa shape index (κ3) is 3.77. The fourth-order valence-electron chi connectivity index (χ4n) is 3.16. The Kier molecular flexibility index (Phi) is 6.56. The molecule has 0 amide bonds. The smallest absolute Gasteiger partial charge is 0.145 e. The zero-order valence-corrected chi connectivity index (χ0v) is 16.6. The minimum Gasteiger partial charge on any atom is -0.412 e. The van der Waals surface area contributed by atoms with E-state index < -0.39 is 0 Å². The minimum absolute atomic E-state index is 0. The van der Waals surface area contributed by atoms with Crippen LogP contribution in [0.1, 0.15) is 11.1 Å². The van der Waals surface area contributed by atoms with Crippen LogP contribution in [0, 0.1) is 19.7 Å². The van der Waals surface area contributed by atoms with Gasteiger partial charge in [0.2, 0.25) is 0 Å². The van der Waals surface area contributed by atoms with Gasteiger partial charge in [0, 0.05) is 40.1 Å². The van der Waals surface area contributed by atoms with Gasteiger partial charge < -0.3 is 15.9 Å². The van der Waals surface area contributed by atoms with Crippen molar-refractivity contribution in [3.05, 3.63) is 65.9 Å². The number of pyridine rings is 2. The standard InChI is InChI=1S/C21H18FN3S.2H2O/c1-12-6-21(26-3)24-10-16(12)14-4-5-19-15(7-14)8-20(25-19)17-9-23-11-18(22)13(17)2;;/h4-11,25H,1-3H3;2*1H2. The molecule has 7 heteroatoms. The van der Waals surface area contributed by atoms with E-state index in [0.717, 1.165) is 38.3 Å². The van der Waals surface area contributed by atoms with E-state index in [1.54, 1.807) is 24.9 Å². The zero-order valence-electron chi connectivity index (χ0n) is 15.8. The number of thioether (sulfide) groups is 1. The molecule has 0 aliphatic rings. The summed E-state index contributed by atoms with van der Waals surface area (Å²) in [5, 5.41) is 2.10. The molecule has 0 saturated heterocycles. The molecule has 0 aliphatic carbocycles. The lowest BCUT2D eigenvalue weighted by Gasteiger charge is -2.07. The van der Waals surface area contributed by atoms with Gasteiger partial charge in [-0.3, -0.25) is 4.98 Å². The topological polar surface area (TPSA) is 105 Å². The van der Waals surface area contributed by atoms with Crippen molar-refractivity contribution in [2.45, 2.75) is 18.9 Å². The van der Waals surface area contributed by atoms with Crippen LogP contribution < -0.4 is 0 Å². The first-order chi connectivity index (χ1) is 12.6. The van der Waals surface area contributed by atoms with Gasteiger partial charge in [-0.15, -0.1) is 11.8 Å². The molecular formula is C21H22FN3O2S. The number of halogens is 1. The first-order valence-electron chi connectivity index (χ1n) is 8.31. The maximum absolute atomic E-state index is 13.8. The largest absolute Gasteiger partial charge is 0.412 e. The average Bonchev–Trinajstić information content (AvgIpc) is 3.06. The maximum Gasteiger partial charge on any atom is 0.145 e. The fourth-order valence-corrected chi connectivity index (χ4v) is 3.61. The number of benzene rings is 1. The third-order valence-corrected chi connectivity index (χ3v) is 5.31. The van der Waals surface area contributed by atoms with Gasteiger partial charge in [0.15, 0.2) is 0 Å². The van der Waals surface area contributed by atoms with Crippen LogP contribution in [0.5, 0.6) is 0 Å². The molecule has 0 fully saturated rings. The molecule has 4 aromatic rings. The number of aryl methyl sites for hydroxylation is 1. The molecule has 5 nitrogen and oxygen atoms in total. The van der Waals surface area contributed by atoms with Crippen LogP contribution in [0.25, 0.3) is 33.3 Å². The van der Waals surface area contributed by atoms with Crippen LogP contribution in [-0.4, -0.2) is 32.2 Å². The zero-order chi connectivity index (χ0) is 18.3. The maximum atomic E-state index is 13.8. The van der Waals surface area contributed by atoms with Gasteiger partial charge in [0.25, 0.3) is 0 Å². The number of nitrogens with one attached hydrogen (secondary N) is 1. The summed E-state index contributed by atoms with van der Waals surface area (Å²) in [6.07, 6.45) is 6.89. The van der Waals surface area contributed by atoms with E-state index in [4.69, 9.17) is 0 Å². The lowest BCUT2D eigenvalue weighted by atomic mass is 10.0. The van der Waals surface area contributed by atoms with Crippen molar-refractivity contribution in [1.29, 1.82) is 0 Å². The van der Waals surface area contributed by atoms with Crippen molar-refractivity contribution in [3.63, 3.8) is 0 Å². The fraction of sp³-hybridized carbons (Fsp3) is 0.143. The Bertz CT molecular complexity index is 1130. The summed E-state index contributed by atoms with van der Waals surface area (Å²) in [6, 6.07) is 10.4. The lowest BCUT2D eigenvalue weighted by Crippen LogP contribution is -1.90. The number of H-pyrrole nitrogens is 1. The molecule has 0 radical (unpaired) electrons. The van der Waals surface area contributed by atoms with Gasteiger partial charge in [-0.1, -0.05) is 6.07 Å². The normalized spacial score (nSPS) is 10.4. The van der Waals surface area contributed by atoms with Crippen LogP contribution in [0.2, 0.25) is 0 Å². The van der Waals surface area contributed by atoms with Crippen LogP contribution in [0.15, 0.2) is 53.9 Å². The van der Waals surface area contributed by atoms with E-state index in [1.807, 2.05) is 18.5 Å². The Morgan fingerprint density at radius 1 is 0.964 bits per heavy atom. The minimum atomic E-state index is -0.294. The van der Waals surface area contributed by atoms with E-state index >= 15 is 0 Å². The second-order valence-corrected chi connectivity index (χ2v) is 7.15. The quantitative estimate of drug-likeness (QED) is 0.524. The van der Waals surface area contributed by atoms with Crippen LogP contribution in [0.3, 0.4) is 0 Å². The molecule has 0 bridgehead atoms.